The molecule has 0 aromatic carbocycles. The lowest BCUT2D eigenvalue weighted by atomic mass is 9.81. The number of fused-ring (bicyclic) bond motifs is 4. The molecule has 1 spiro atoms. The molecule has 3 aromatic heterocycles. The minimum atomic E-state index is -3.88. The van der Waals surface area contributed by atoms with Gasteiger partial charge in [0.05, 0.1) is 11.9 Å². The largest absolute Gasteiger partial charge is 0.323 e. The first-order valence-corrected chi connectivity index (χ1v) is 11.5. The van der Waals surface area contributed by atoms with Gasteiger partial charge in [0.25, 0.3) is 10.0 Å². The van der Waals surface area contributed by atoms with Crippen molar-refractivity contribution in [2.45, 2.75) is 42.7 Å². The Bertz CT molecular complexity index is 1300. The van der Waals surface area contributed by atoms with E-state index in [-0.39, 0.29) is 11.0 Å². The predicted octanol–water partition coefficient (Wildman–Crippen LogP) is 2.61. The van der Waals surface area contributed by atoms with Gasteiger partial charge in [-0.2, -0.15) is 9.37 Å². The minimum absolute atomic E-state index is 0.230. The van der Waals surface area contributed by atoms with E-state index in [2.05, 4.69) is 25.4 Å². The molecule has 1 aliphatic carbocycles. The molecule has 0 bridgehead atoms. The Balaban J connectivity index is 1.57. The summed E-state index contributed by atoms with van der Waals surface area (Å²) in [5, 5.41) is 14.3. The van der Waals surface area contributed by atoms with Crippen molar-refractivity contribution in [3.05, 3.63) is 30.6 Å². The summed E-state index contributed by atoms with van der Waals surface area (Å²) >= 11 is 0. The van der Waals surface area contributed by atoms with Crippen molar-refractivity contribution in [2.24, 2.45) is 10.2 Å². The quantitative estimate of drug-likeness (QED) is 0.635. The van der Waals surface area contributed by atoms with Crippen LogP contribution in [0.25, 0.3) is 11.0 Å². The molecule has 0 atom stereocenters. The average molecular weight is 444 g/mol. The molecule has 1 fully saturated rings. The lowest BCUT2D eigenvalue weighted by molar-refractivity contribution is 0.263. The van der Waals surface area contributed by atoms with Crippen LogP contribution in [0.2, 0.25) is 0 Å². The third-order valence-corrected chi connectivity index (χ3v) is 6.69. The number of anilines is 3. The van der Waals surface area contributed by atoms with Gasteiger partial charge in [-0.1, -0.05) is 19.3 Å². The fraction of sp³-hybridized carbons (Fsp3) is 0.368. The van der Waals surface area contributed by atoms with E-state index in [0.29, 0.717) is 24.2 Å². The SMILES string of the molecule is CN1N=C(F)C2(CCCCC2)n2c1cc1cnc(Nc3ccc(S(N)(=O)=O)nc3)nc12. The van der Waals surface area contributed by atoms with Gasteiger partial charge in [-0.05, 0) is 31.0 Å². The second kappa shape index (κ2) is 6.95. The molecule has 1 saturated carbocycles. The van der Waals surface area contributed by atoms with Gasteiger partial charge in [0.15, 0.2) is 5.03 Å². The first-order chi connectivity index (χ1) is 14.8. The molecular weight excluding hydrogens is 423 g/mol. The second-order valence-electron chi connectivity index (χ2n) is 7.87. The molecule has 3 aromatic rings. The van der Waals surface area contributed by atoms with E-state index >= 15 is 4.39 Å². The van der Waals surface area contributed by atoms with Gasteiger partial charge in [-0.3, -0.25) is 4.57 Å². The minimum Gasteiger partial charge on any atom is -0.323 e. The first-order valence-electron chi connectivity index (χ1n) is 9.91. The first kappa shape index (κ1) is 19.8. The zero-order chi connectivity index (χ0) is 21.8. The smallest absolute Gasteiger partial charge is 0.255 e. The van der Waals surface area contributed by atoms with Gasteiger partial charge in [0.1, 0.15) is 17.0 Å². The van der Waals surface area contributed by atoms with Crippen molar-refractivity contribution in [1.82, 2.24) is 19.5 Å². The van der Waals surface area contributed by atoms with E-state index in [1.165, 1.54) is 23.3 Å². The van der Waals surface area contributed by atoms with Crippen molar-refractivity contribution < 1.29 is 12.8 Å². The highest BCUT2D eigenvalue weighted by Crippen LogP contribution is 2.45. The molecule has 0 radical (unpaired) electrons. The number of nitrogens with two attached hydrogens (primary N) is 1. The number of pyridine rings is 1. The topological polar surface area (TPSA) is 131 Å². The Kier molecular flexibility index (Phi) is 4.45. The maximum Gasteiger partial charge on any atom is 0.255 e. The molecule has 0 unspecified atom stereocenters. The van der Waals surface area contributed by atoms with E-state index in [9.17, 15) is 8.42 Å². The van der Waals surface area contributed by atoms with Crippen LogP contribution in [0.15, 0.2) is 40.7 Å². The number of rotatable bonds is 3. The highest BCUT2D eigenvalue weighted by Gasteiger charge is 2.45. The number of aromatic nitrogens is 4. The van der Waals surface area contributed by atoms with Crippen LogP contribution < -0.4 is 15.5 Å². The monoisotopic (exact) mass is 444 g/mol. The summed E-state index contributed by atoms with van der Waals surface area (Å²) in [7, 11) is -2.16. The van der Waals surface area contributed by atoms with E-state index < -0.39 is 21.5 Å². The fourth-order valence-corrected chi connectivity index (χ4v) is 4.84. The van der Waals surface area contributed by atoms with Crippen LogP contribution in [0, 0.1) is 0 Å². The van der Waals surface area contributed by atoms with Crippen LogP contribution >= 0.6 is 0 Å². The molecular formula is C19H21FN8O2S. The standard InChI is InChI=1S/C19H21FN8O2S/c1-27-15-9-12-10-23-18(24-13-5-6-14(22-11-13)31(21,29)30)25-16(12)28(15)19(17(20)26-27)7-3-2-4-8-19/h5-6,9-11H,2-4,7-8H2,1H3,(H2,21,29,30)(H,23,24,25). The number of hydrazone groups is 1. The van der Waals surface area contributed by atoms with Crippen LogP contribution in [-0.2, 0) is 15.6 Å². The number of hydrogen-bond donors (Lipinski definition) is 2. The Hall–Kier alpha value is -3.12. The fourth-order valence-electron chi connectivity index (χ4n) is 4.38. The number of nitrogens with one attached hydrogen (secondary N) is 1. The molecule has 4 heterocycles. The normalized spacial score (nSPS) is 18.2. The summed E-state index contributed by atoms with van der Waals surface area (Å²) in [4.78, 5) is 12.8. The molecule has 2 aliphatic rings. The second-order valence-corrected chi connectivity index (χ2v) is 9.38. The van der Waals surface area contributed by atoms with E-state index in [1.807, 2.05) is 10.6 Å². The number of primary sulfonamides is 1. The number of sulfonamides is 1. The number of nitrogens with zero attached hydrogens (tertiary/aromatic N) is 6. The summed E-state index contributed by atoms with van der Waals surface area (Å²) in [5.74, 6) is 0.662. The Morgan fingerprint density at radius 1 is 1.16 bits per heavy atom. The molecule has 1 aliphatic heterocycles. The Morgan fingerprint density at radius 3 is 2.61 bits per heavy atom. The van der Waals surface area contributed by atoms with Gasteiger partial charge in [-0.25, -0.2) is 28.5 Å². The van der Waals surface area contributed by atoms with Crippen molar-refractivity contribution >= 4 is 44.5 Å². The molecule has 0 saturated heterocycles. The van der Waals surface area contributed by atoms with Crippen LogP contribution in [0.5, 0.6) is 0 Å². The number of hydrogen-bond acceptors (Lipinski definition) is 8. The van der Waals surface area contributed by atoms with Crippen LogP contribution in [0.1, 0.15) is 32.1 Å². The molecule has 12 heteroatoms. The molecule has 31 heavy (non-hydrogen) atoms. The van der Waals surface area contributed by atoms with Crippen LogP contribution in [-0.4, -0.2) is 40.9 Å². The van der Waals surface area contributed by atoms with Gasteiger partial charge in [0.2, 0.25) is 11.9 Å². The molecule has 5 rings (SSSR count). The molecule has 162 valence electrons. The highest BCUT2D eigenvalue weighted by molar-refractivity contribution is 7.89. The predicted molar refractivity (Wildman–Crippen MR) is 114 cm³/mol. The highest BCUT2D eigenvalue weighted by atomic mass is 32.2. The third-order valence-electron chi connectivity index (χ3n) is 5.87. The van der Waals surface area contributed by atoms with Gasteiger partial charge in [0, 0.05) is 18.6 Å². The summed E-state index contributed by atoms with van der Waals surface area (Å²) in [6, 6.07) is 4.73. The zero-order valence-electron chi connectivity index (χ0n) is 16.8. The van der Waals surface area contributed by atoms with Crippen LogP contribution in [0.3, 0.4) is 0 Å². The maximum absolute atomic E-state index is 15.2. The van der Waals surface area contributed by atoms with Gasteiger partial charge < -0.3 is 5.32 Å². The van der Waals surface area contributed by atoms with E-state index in [0.717, 1.165) is 30.5 Å². The Morgan fingerprint density at radius 2 is 1.94 bits per heavy atom. The summed E-state index contributed by atoms with van der Waals surface area (Å²) in [6.07, 6.45) is 7.25. The van der Waals surface area contributed by atoms with E-state index in [1.54, 1.807) is 13.2 Å². The van der Waals surface area contributed by atoms with Crippen molar-refractivity contribution in [1.29, 1.82) is 0 Å². The van der Waals surface area contributed by atoms with Crippen molar-refractivity contribution in [3.8, 4) is 0 Å². The summed E-state index contributed by atoms with van der Waals surface area (Å²) in [5.41, 5.74) is 0.279. The average Bonchev–Trinajstić information content (AvgIpc) is 3.13. The third kappa shape index (κ3) is 3.22. The van der Waals surface area contributed by atoms with Gasteiger partial charge >= 0.3 is 0 Å². The molecule has 3 N–H and O–H groups in total. The molecule has 0 amide bonds. The molecule has 10 nitrogen and oxygen atoms in total. The van der Waals surface area contributed by atoms with Crippen LogP contribution in [0.4, 0.5) is 21.8 Å². The zero-order valence-corrected chi connectivity index (χ0v) is 17.6. The lowest BCUT2D eigenvalue weighted by Crippen LogP contribution is -2.46. The maximum atomic E-state index is 15.2. The van der Waals surface area contributed by atoms with Crippen molar-refractivity contribution in [3.63, 3.8) is 0 Å². The number of halogens is 1. The summed E-state index contributed by atoms with van der Waals surface area (Å²) in [6.45, 7) is 0. The summed E-state index contributed by atoms with van der Waals surface area (Å²) < 4.78 is 39.9. The van der Waals surface area contributed by atoms with Gasteiger partial charge in [-0.15, -0.1) is 5.10 Å². The van der Waals surface area contributed by atoms with E-state index in [4.69, 9.17) is 5.14 Å². The Labute approximate surface area is 178 Å². The van der Waals surface area contributed by atoms with Crippen molar-refractivity contribution in [2.75, 3.05) is 17.4 Å². The lowest BCUT2D eigenvalue weighted by Gasteiger charge is -2.41.